The molecule has 1 N–H and O–H groups in total. The van der Waals surface area contributed by atoms with Crippen LogP contribution in [0.3, 0.4) is 0 Å². The number of aryl methyl sites for hydroxylation is 2. The van der Waals surface area contributed by atoms with Crippen LogP contribution in [0.4, 0.5) is 4.39 Å². The molecule has 1 amide bonds. The van der Waals surface area contributed by atoms with Gasteiger partial charge in [-0.15, -0.1) is 0 Å². The third-order valence-electron chi connectivity index (χ3n) is 3.52. The van der Waals surface area contributed by atoms with E-state index < -0.39 is 6.10 Å². The van der Waals surface area contributed by atoms with Crippen LogP contribution in [0, 0.1) is 12.7 Å². The average Bonchev–Trinajstić information content (AvgIpc) is 2.53. The van der Waals surface area contributed by atoms with Crippen LogP contribution < -0.4 is 10.1 Å². The van der Waals surface area contributed by atoms with E-state index in [2.05, 4.69) is 30.4 Å². The lowest BCUT2D eigenvalue weighted by molar-refractivity contribution is -0.127. The fraction of sp³-hybridized carbons (Fsp3) is 0.316. The van der Waals surface area contributed by atoms with Crippen LogP contribution in [-0.2, 0) is 11.2 Å². The summed E-state index contributed by atoms with van der Waals surface area (Å²) in [4.78, 5) is 12.0. The maximum atomic E-state index is 12.8. The van der Waals surface area contributed by atoms with Crippen molar-refractivity contribution >= 4 is 5.91 Å². The van der Waals surface area contributed by atoms with Gasteiger partial charge in [-0.2, -0.15) is 0 Å². The maximum Gasteiger partial charge on any atom is 0.260 e. The molecule has 2 aromatic carbocycles. The predicted molar refractivity (Wildman–Crippen MR) is 89.0 cm³/mol. The minimum atomic E-state index is -0.612. The molecule has 0 bridgehead atoms. The first-order valence-electron chi connectivity index (χ1n) is 7.80. The van der Waals surface area contributed by atoms with Crippen molar-refractivity contribution in [3.8, 4) is 5.75 Å². The van der Waals surface area contributed by atoms with Crippen LogP contribution in [0.5, 0.6) is 5.75 Å². The molecule has 0 saturated carbocycles. The highest BCUT2D eigenvalue weighted by Crippen LogP contribution is 2.13. The van der Waals surface area contributed by atoms with Crippen molar-refractivity contribution in [2.75, 3.05) is 6.54 Å². The average molecular weight is 315 g/mol. The van der Waals surface area contributed by atoms with Gasteiger partial charge in [0.25, 0.3) is 5.91 Å². The number of carbonyl (C=O) groups excluding carboxylic acids is 1. The second-order valence-corrected chi connectivity index (χ2v) is 5.60. The van der Waals surface area contributed by atoms with Gasteiger partial charge in [-0.3, -0.25) is 4.79 Å². The van der Waals surface area contributed by atoms with Gasteiger partial charge in [0.2, 0.25) is 0 Å². The molecule has 3 nitrogen and oxygen atoms in total. The lowest BCUT2D eigenvalue weighted by Gasteiger charge is -2.14. The Morgan fingerprint density at radius 2 is 1.96 bits per heavy atom. The Bertz CT molecular complexity index is 640. The second-order valence-electron chi connectivity index (χ2n) is 5.60. The largest absolute Gasteiger partial charge is 0.481 e. The number of amides is 1. The zero-order valence-corrected chi connectivity index (χ0v) is 13.5. The monoisotopic (exact) mass is 315 g/mol. The minimum absolute atomic E-state index is 0.168. The highest BCUT2D eigenvalue weighted by Gasteiger charge is 2.13. The third-order valence-corrected chi connectivity index (χ3v) is 3.52. The fourth-order valence-electron chi connectivity index (χ4n) is 2.29. The molecule has 0 aliphatic heterocycles. The number of hydrogen-bond acceptors (Lipinski definition) is 2. The zero-order valence-electron chi connectivity index (χ0n) is 13.5. The summed E-state index contributed by atoms with van der Waals surface area (Å²) < 4.78 is 18.3. The Morgan fingerprint density at radius 3 is 2.65 bits per heavy atom. The van der Waals surface area contributed by atoms with E-state index >= 15 is 0 Å². The summed E-state index contributed by atoms with van der Waals surface area (Å²) >= 11 is 0. The van der Waals surface area contributed by atoms with Crippen molar-refractivity contribution in [3.63, 3.8) is 0 Å². The third kappa shape index (κ3) is 5.74. The molecular formula is C19H22FNO2. The molecule has 122 valence electrons. The van der Waals surface area contributed by atoms with Crippen LogP contribution in [0.1, 0.15) is 24.5 Å². The summed E-state index contributed by atoms with van der Waals surface area (Å²) in [5.74, 6) is -0.0158. The van der Waals surface area contributed by atoms with E-state index in [9.17, 15) is 9.18 Å². The van der Waals surface area contributed by atoms with Gasteiger partial charge in [0.05, 0.1) is 0 Å². The van der Waals surface area contributed by atoms with Crippen molar-refractivity contribution in [1.82, 2.24) is 5.32 Å². The van der Waals surface area contributed by atoms with E-state index in [1.807, 2.05) is 6.07 Å². The lowest BCUT2D eigenvalue weighted by atomic mass is 10.1. The standard InChI is InChI=1S/C19H22FNO2/c1-14-5-3-6-16(13-14)7-4-12-21-19(22)15(2)23-18-10-8-17(20)9-11-18/h3,5-6,8-11,13,15H,4,7,12H2,1-2H3,(H,21,22)/t15-/m0/s1. The van der Waals surface area contributed by atoms with E-state index in [0.717, 1.165) is 12.8 Å². The molecule has 0 aliphatic rings. The van der Waals surface area contributed by atoms with Gasteiger partial charge in [0.1, 0.15) is 11.6 Å². The molecule has 0 aliphatic carbocycles. The van der Waals surface area contributed by atoms with Crippen molar-refractivity contribution < 1.29 is 13.9 Å². The molecule has 23 heavy (non-hydrogen) atoms. The highest BCUT2D eigenvalue weighted by molar-refractivity contribution is 5.80. The summed E-state index contributed by atoms with van der Waals surface area (Å²) in [5.41, 5.74) is 2.52. The minimum Gasteiger partial charge on any atom is -0.481 e. The second kappa shape index (κ2) is 8.32. The van der Waals surface area contributed by atoms with Crippen LogP contribution in [-0.4, -0.2) is 18.6 Å². The maximum absolute atomic E-state index is 12.8. The zero-order chi connectivity index (χ0) is 16.7. The van der Waals surface area contributed by atoms with E-state index in [-0.39, 0.29) is 11.7 Å². The summed E-state index contributed by atoms with van der Waals surface area (Å²) in [6, 6.07) is 14.0. The molecule has 4 heteroatoms. The number of benzene rings is 2. The van der Waals surface area contributed by atoms with E-state index in [4.69, 9.17) is 4.74 Å². The Morgan fingerprint density at radius 1 is 1.22 bits per heavy atom. The first-order chi connectivity index (χ1) is 11.0. The van der Waals surface area contributed by atoms with Crippen molar-refractivity contribution in [2.24, 2.45) is 0 Å². The van der Waals surface area contributed by atoms with Crippen LogP contribution in [0.15, 0.2) is 48.5 Å². The summed E-state index contributed by atoms with van der Waals surface area (Å²) in [6.07, 6.45) is 1.19. The molecule has 0 heterocycles. The van der Waals surface area contributed by atoms with Gasteiger partial charge >= 0.3 is 0 Å². The van der Waals surface area contributed by atoms with E-state index in [1.54, 1.807) is 6.92 Å². The first kappa shape index (κ1) is 17.0. The molecule has 0 unspecified atom stereocenters. The number of carbonyl (C=O) groups is 1. The van der Waals surface area contributed by atoms with Crippen LogP contribution >= 0.6 is 0 Å². The fourth-order valence-corrected chi connectivity index (χ4v) is 2.29. The molecule has 0 spiro atoms. The van der Waals surface area contributed by atoms with Gasteiger partial charge in [-0.25, -0.2) is 4.39 Å². The van der Waals surface area contributed by atoms with Gasteiger partial charge in [0, 0.05) is 6.54 Å². The van der Waals surface area contributed by atoms with Crippen LogP contribution in [0.25, 0.3) is 0 Å². The Hall–Kier alpha value is -2.36. The molecule has 0 aromatic heterocycles. The molecule has 0 radical (unpaired) electrons. The van der Waals surface area contributed by atoms with E-state index in [1.165, 1.54) is 35.4 Å². The molecule has 1 atom stereocenters. The first-order valence-corrected chi connectivity index (χ1v) is 7.80. The van der Waals surface area contributed by atoms with Crippen molar-refractivity contribution in [1.29, 1.82) is 0 Å². The summed E-state index contributed by atoms with van der Waals surface area (Å²) in [6.45, 7) is 4.35. The van der Waals surface area contributed by atoms with Gasteiger partial charge in [0.15, 0.2) is 6.10 Å². The number of rotatable bonds is 7. The number of halogens is 1. The van der Waals surface area contributed by atoms with E-state index in [0.29, 0.717) is 12.3 Å². The SMILES string of the molecule is Cc1cccc(CCCNC(=O)[C@H](C)Oc2ccc(F)cc2)c1. The van der Waals surface area contributed by atoms with Crippen molar-refractivity contribution in [2.45, 2.75) is 32.8 Å². The topological polar surface area (TPSA) is 38.3 Å². The van der Waals surface area contributed by atoms with Crippen LogP contribution in [0.2, 0.25) is 0 Å². The highest BCUT2D eigenvalue weighted by atomic mass is 19.1. The summed E-state index contributed by atoms with van der Waals surface area (Å²) in [5, 5.41) is 2.86. The molecule has 2 aromatic rings. The van der Waals surface area contributed by atoms with Crippen molar-refractivity contribution in [3.05, 3.63) is 65.5 Å². The Labute approximate surface area is 136 Å². The predicted octanol–water partition coefficient (Wildman–Crippen LogP) is 3.65. The molecule has 0 saturated heterocycles. The smallest absolute Gasteiger partial charge is 0.260 e. The van der Waals surface area contributed by atoms with Gasteiger partial charge in [-0.1, -0.05) is 29.8 Å². The Balaban J connectivity index is 1.70. The Kier molecular flexibility index (Phi) is 6.15. The quantitative estimate of drug-likeness (QED) is 0.792. The molecule has 0 fully saturated rings. The number of nitrogens with one attached hydrogen (secondary N) is 1. The normalized spacial score (nSPS) is 11.8. The molecular weight excluding hydrogens is 293 g/mol. The molecule has 2 rings (SSSR count). The van der Waals surface area contributed by atoms with Gasteiger partial charge < -0.3 is 10.1 Å². The number of hydrogen-bond donors (Lipinski definition) is 1. The lowest BCUT2D eigenvalue weighted by Crippen LogP contribution is -2.36. The summed E-state index contributed by atoms with van der Waals surface area (Å²) in [7, 11) is 0. The van der Waals surface area contributed by atoms with Gasteiger partial charge in [-0.05, 0) is 56.5 Å². The number of ether oxygens (including phenoxy) is 1.